The number of nitrogens with one attached hydrogen (secondary N) is 1. The number of unbranched alkanes of at least 4 members (excludes halogenated alkanes) is 1. The van der Waals surface area contributed by atoms with Gasteiger partial charge in [0.25, 0.3) is 0 Å². The zero-order valence-corrected chi connectivity index (χ0v) is 11.7. The van der Waals surface area contributed by atoms with Crippen molar-refractivity contribution in [2.24, 2.45) is 0 Å². The highest BCUT2D eigenvalue weighted by molar-refractivity contribution is 6.28. The van der Waals surface area contributed by atoms with Gasteiger partial charge in [-0.05, 0) is 37.3 Å². The summed E-state index contributed by atoms with van der Waals surface area (Å²) in [7, 11) is 0. The van der Waals surface area contributed by atoms with Gasteiger partial charge in [-0.15, -0.1) is 12.3 Å². The number of hydrogen-bond donors (Lipinski definition) is 1. The van der Waals surface area contributed by atoms with Crippen molar-refractivity contribution in [1.29, 1.82) is 0 Å². The highest BCUT2D eigenvalue weighted by Crippen LogP contribution is 2.18. The van der Waals surface area contributed by atoms with Gasteiger partial charge in [0.05, 0.1) is 0 Å². The van der Waals surface area contributed by atoms with Crippen LogP contribution in [0.5, 0.6) is 0 Å². The second-order valence-electron chi connectivity index (χ2n) is 4.51. The molecule has 0 atom stereocenters. The average molecular weight is 280 g/mol. The third-order valence-corrected chi connectivity index (χ3v) is 3.19. The van der Waals surface area contributed by atoms with Crippen LogP contribution in [-0.2, 0) is 0 Å². The minimum absolute atomic E-state index is 0.232. The topological polar surface area (TPSA) is 53.9 Å². The van der Waals surface area contributed by atoms with Crippen molar-refractivity contribution in [3.63, 3.8) is 0 Å². The van der Waals surface area contributed by atoms with Crippen molar-refractivity contribution in [3.05, 3.63) is 5.28 Å². The number of piperidine rings is 1. The van der Waals surface area contributed by atoms with Crippen LogP contribution in [0.2, 0.25) is 5.28 Å². The van der Waals surface area contributed by atoms with Crippen molar-refractivity contribution >= 4 is 23.5 Å². The lowest BCUT2D eigenvalue weighted by Gasteiger charge is -2.26. The van der Waals surface area contributed by atoms with Gasteiger partial charge in [-0.25, -0.2) is 0 Å². The predicted octanol–water partition coefficient (Wildman–Crippen LogP) is 2.34. The van der Waals surface area contributed by atoms with Gasteiger partial charge in [0.1, 0.15) is 0 Å². The number of anilines is 2. The fraction of sp³-hybridized carbons (Fsp3) is 0.615. The minimum atomic E-state index is 0.232. The van der Waals surface area contributed by atoms with Crippen LogP contribution in [0.15, 0.2) is 0 Å². The Morgan fingerprint density at radius 3 is 2.74 bits per heavy atom. The molecule has 0 radical (unpaired) electrons. The third kappa shape index (κ3) is 4.25. The Morgan fingerprint density at radius 2 is 2.00 bits per heavy atom. The molecule has 6 heteroatoms. The molecule has 0 spiro atoms. The lowest BCUT2D eigenvalue weighted by Crippen LogP contribution is -2.31. The van der Waals surface area contributed by atoms with Crippen molar-refractivity contribution in [1.82, 2.24) is 15.0 Å². The zero-order valence-electron chi connectivity index (χ0n) is 10.9. The first-order valence-corrected chi connectivity index (χ1v) is 7.01. The first kappa shape index (κ1) is 13.9. The molecule has 1 aliphatic rings. The molecule has 0 aromatic carbocycles. The summed E-state index contributed by atoms with van der Waals surface area (Å²) in [4.78, 5) is 14.8. The van der Waals surface area contributed by atoms with Crippen LogP contribution in [-0.4, -0.2) is 34.6 Å². The third-order valence-electron chi connectivity index (χ3n) is 3.02. The summed E-state index contributed by atoms with van der Waals surface area (Å²) in [5, 5.41) is 3.36. The molecule has 0 bridgehead atoms. The fourth-order valence-electron chi connectivity index (χ4n) is 2.04. The van der Waals surface area contributed by atoms with Gasteiger partial charge in [0, 0.05) is 26.1 Å². The van der Waals surface area contributed by atoms with Gasteiger partial charge >= 0.3 is 0 Å². The lowest BCUT2D eigenvalue weighted by atomic mass is 10.1. The molecule has 1 aromatic heterocycles. The smallest absolute Gasteiger partial charge is 0.231 e. The van der Waals surface area contributed by atoms with Gasteiger partial charge in [-0.3, -0.25) is 0 Å². The molecule has 2 heterocycles. The second kappa shape index (κ2) is 7.15. The van der Waals surface area contributed by atoms with Gasteiger partial charge < -0.3 is 10.2 Å². The zero-order chi connectivity index (χ0) is 13.5. The van der Waals surface area contributed by atoms with Crippen LogP contribution in [0.25, 0.3) is 0 Å². The Kier molecular flexibility index (Phi) is 5.22. The Morgan fingerprint density at radius 1 is 1.21 bits per heavy atom. The summed E-state index contributed by atoms with van der Waals surface area (Å²) in [6, 6.07) is 0. The van der Waals surface area contributed by atoms with Crippen LogP contribution >= 0.6 is 11.6 Å². The van der Waals surface area contributed by atoms with E-state index in [9.17, 15) is 0 Å². The monoisotopic (exact) mass is 279 g/mol. The largest absolute Gasteiger partial charge is 0.354 e. The molecule has 1 aromatic rings. The lowest BCUT2D eigenvalue weighted by molar-refractivity contribution is 0.567. The maximum absolute atomic E-state index is 5.95. The minimum Gasteiger partial charge on any atom is -0.354 e. The SMILES string of the molecule is C#CCCCNc1nc(Cl)nc(N2CCCCC2)n1. The van der Waals surface area contributed by atoms with Crippen LogP contribution in [0, 0.1) is 12.3 Å². The number of nitrogens with zero attached hydrogens (tertiary/aromatic N) is 4. The van der Waals surface area contributed by atoms with E-state index in [0.717, 1.165) is 32.5 Å². The van der Waals surface area contributed by atoms with Crippen molar-refractivity contribution in [2.75, 3.05) is 29.9 Å². The Bertz CT molecular complexity index is 451. The summed E-state index contributed by atoms with van der Waals surface area (Å²) in [5.74, 6) is 3.79. The number of hydrogen-bond acceptors (Lipinski definition) is 5. The van der Waals surface area contributed by atoms with E-state index in [1.807, 2.05) is 0 Å². The molecule has 2 rings (SSSR count). The summed E-state index contributed by atoms with van der Waals surface area (Å²) in [6.07, 6.45) is 10.5. The maximum atomic E-state index is 5.95. The van der Waals surface area contributed by atoms with Crippen molar-refractivity contribution < 1.29 is 0 Å². The molecule has 0 aliphatic carbocycles. The molecule has 102 valence electrons. The average Bonchev–Trinajstić information content (AvgIpc) is 2.44. The van der Waals surface area contributed by atoms with E-state index in [1.165, 1.54) is 19.3 Å². The summed E-state index contributed by atoms with van der Waals surface area (Å²) in [5.41, 5.74) is 0. The van der Waals surface area contributed by atoms with Crippen molar-refractivity contribution in [3.8, 4) is 12.3 Å². The summed E-state index contributed by atoms with van der Waals surface area (Å²) >= 11 is 5.95. The fourth-order valence-corrected chi connectivity index (χ4v) is 2.20. The number of aromatic nitrogens is 3. The van der Waals surface area contributed by atoms with E-state index in [1.54, 1.807) is 0 Å². The van der Waals surface area contributed by atoms with E-state index < -0.39 is 0 Å². The van der Waals surface area contributed by atoms with E-state index in [-0.39, 0.29) is 5.28 Å². The predicted molar refractivity (Wildman–Crippen MR) is 77.5 cm³/mol. The molecule has 19 heavy (non-hydrogen) atoms. The van der Waals surface area contributed by atoms with E-state index >= 15 is 0 Å². The highest BCUT2D eigenvalue weighted by Gasteiger charge is 2.15. The van der Waals surface area contributed by atoms with Gasteiger partial charge in [0.2, 0.25) is 17.2 Å². The quantitative estimate of drug-likeness (QED) is 0.662. The second-order valence-corrected chi connectivity index (χ2v) is 4.85. The van der Waals surface area contributed by atoms with E-state index in [0.29, 0.717) is 11.9 Å². The normalized spacial score (nSPS) is 15.1. The van der Waals surface area contributed by atoms with Gasteiger partial charge in [-0.1, -0.05) is 0 Å². The Labute approximate surface area is 118 Å². The molecule has 5 nitrogen and oxygen atoms in total. The molecular formula is C13H18ClN5. The number of rotatable bonds is 5. The van der Waals surface area contributed by atoms with Crippen LogP contribution in [0.4, 0.5) is 11.9 Å². The van der Waals surface area contributed by atoms with E-state index in [4.69, 9.17) is 18.0 Å². The Hall–Kier alpha value is -1.54. The number of terminal acetylenes is 1. The maximum Gasteiger partial charge on any atom is 0.231 e. The summed E-state index contributed by atoms with van der Waals surface area (Å²) in [6.45, 7) is 2.71. The van der Waals surface area contributed by atoms with Crippen LogP contribution in [0.1, 0.15) is 32.1 Å². The molecule has 1 saturated heterocycles. The molecule has 1 fully saturated rings. The van der Waals surface area contributed by atoms with Crippen molar-refractivity contribution in [2.45, 2.75) is 32.1 Å². The molecule has 0 saturated carbocycles. The van der Waals surface area contributed by atoms with Gasteiger partial charge in [-0.2, -0.15) is 15.0 Å². The van der Waals surface area contributed by atoms with Gasteiger partial charge in [0.15, 0.2) is 0 Å². The first-order chi connectivity index (χ1) is 9.29. The van der Waals surface area contributed by atoms with E-state index in [2.05, 4.69) is 31.1 Å². The van der Waals surface area contributed by atoms with Crippen LogP contribution in [0.3, 0.4) is 0 Å². The number of halogens is 1. The molecule has 1 aliphatic heterocycles. The first-order valence-electron chi connectivity index (χ1n) is 6.63. The summed E-state index contributed by atoms with van der Waals surface area (Å²) < 4.78 is 0. The standard InChI is InChI=1S/C13H18ClN5/c1-2-3-5-8-15-12-16-11(14)17-13(18-12)19-9-6-4-7-10-19/h1H,3-10H2,(H,15,16,17,18). The Balaban J connectivity index is 2.00. The van der Waals surface area contributed by atoms with Crippen LogP contribution < -0.4 is 10.2 Å². The highest BCUT2D eigenvalue weighted by atomic mass is 35.5. The molecule has 0 amide bonds. The molecular weight excluding hydrogens is 262 g/mol. The molecule has 0 unspecified atom stereocenters. The molecule has 1 N–H and O–H groups in total.